The van der Waals surface area contributed by atoms with E-state index in [0.717, 1.165) is 31.6 Å². The molecule has 3 fully saturated rings. The van der Waals surface area contributed by atoms with Gasteiger partial charge in [-0.1, -0.05) is 0 Å². The van der Waals surface area contributed by atoms with Crippen LogP contribution in [-0.2, 0) is 0 Å². The third-order valence-corrected chi connectivity index (χ3v) is 7.38. The molecule has 1 aromatic rings. The maximum Gasteiger partial charge on any atom is 0.311 e. The van der Waals surface area contributed by atoms with Gasteiger partial charge in [-0.05, 0) is 58.2 Å². The van der Waals surface area contributed by atoms with Gasteiger partial charge in [0.05, 0.1) is 12.0 Å². The summed E-state index contributed by atoms with van der Waals surface area (Å²) in [4.78, 5) is 18.4. The van der Waals surface area contributed by atoms with E-state index in [4.69, 9.17) is 4.74 Å². The molecule has 4 rings (SSSR count). The van der Waals surface area contributed by atoms with Gasteiger partial charge in [-0.3, -0.25) is 10.1 Å². The van der Waals surface area contributed by atoms with Crippen molar-refractivity contribution in [3.63, 3.8) is 0 Å². The molecule has 0 radical (unpaired) electrons. The van der Waals surface area contributed by atoms with Crippen LogP contribution in [-0.4, -0.2) is 73.2 Å². The van der Waals surface area contributed by atoms with Crippen molar-refractivity contribution in [2.45, 2.75) is 50.1 Å². The molecule has 7 nitrogen and oxygen atoms in total. The highest BCUT2D eigenvalue weighted by atomic mass is 16.6. The van der Waals surface area contributed by atoms with Gasteiger partial charge in [-0.25, -0.2) is 0 Å². The van der Waals surface area contributed by atoms with Crippen LogP contribution in [0.3, 0.4) is 0 Å². The van der Waals surface area contributed by atoms with Crippen LogP contribution in [0.25, 0.3) is 0 Å². The monoisotopic (exact) mass is 388 g/mol. The quantitative estimate of drug-likeness (QED) is 0.583. The van der Waals surface area contributed by atoms with Crippen LogP contribution >= 0.6 is 0 Å². The number of likely N-dealkylation sites (tertiary alicyclic amines) is 2. The Balaban J connectivity index is 1.33. The van der Waals surface area contributed by atoms with Crippen molar-refractivity contribution in [3.8, 4) is 5.75 Å². The van der Waals surface area contributed by atoms with Gasteiger partial charge in [0.1, 0.15) is 0 Å². The summed E-state index contributed by atoms with van der Waals surface area (Å²) in [5.74, 6) is 0.339. The lowest BCUT2D eigenvalue weighted by Gasteiger charge is -2.47. The second-order valence-corrected chi connectivity index (χ2v) is 8.62. The maximum absolute atomic E-state index is 11.1. The molecular formula is C21H32N4O3. The fourth-order valence-electron chi connectivity index (χ4n) is 5.51. The van der Waals surface area contributed by atoms with Gasteiger partial charge in [0.2, 0.25) is 0 Å². The Morgan fingerprint density at radius 2 is 1.82 bits per heavy atom. The van der Waals surface area contributed by atoms with Crippen molar-refractivity contribution < 1.29 is 9.66 Å². The number of anilines is 1. The van der Waals surface area contributed by atoms with Gasteiger partial charge >= 0.3 is 5.69 Å². The average Bonchev–Trinajstić information content (AvgIpc) is 3.08. The van der Waals surface area contributed by atoms with Crippen LogP contribution in [0, 0.1) is 10.1 Å². The van der Waals surface area contributed by atoms with E-state index in [-0.39, 0.29) is 10.6 Å². The lowest BCUT2D eigenvalue weighted by atomic mass is 9.84. The molecule has 3 aliphatic rings. The van der Waals surface area contributed by atoms with Gasteiger partial charge < -0.3 is 19.4 Å². The van der Waals surface area contributed by atoms with Crippen molar-refractivity contribution >= 4 is 11.4 Å². The zero-order valence-corrected chi connectivity index (χ0v) is 17.1. The summed E-state index contributed by atoms with van der Waals surface area (Å²) in [7, 11) is 3.79. The molecule has 0 aliphatic carbocycles. The normalized spacial score (nSPS) is 24.0. The minimum atomic E-state index is -0.389. The van der Waals surface area contributed by atoms with Crippen molar-refractivity contribution in [3.05, 3.63) is 28.3 Å². The molecule has 0 saturated carbocycles. The second-order valence-electron chi connectivity index (χ2n) is 8.62. The van der Waals surface area contributed by atoms with Gasteiger partial charge in [-0.15, -0.1) is 0 Å². The first-order valence-electron chi connectivity index (χ1n) is 10.6. The summed E-state index contributed by atoms with van der Waals surface area (Å²) in [5, 5.41) is 11.1. The van der Waals surface area contributed by atoms with Crippen LogP contribution in [0.4, 0.5) is 11.4 Å². The predicted molar refractivity (Wildman–Crippen MR) is 110 cm³/mol. The zero-order chi connectivity index (χ0) is 19.7. The largest absolute Gasteiger partial charge is 0.490 e. The molecule has 0 N–H and O–H groups in total. The first-order valence-corrected chi connectivity index (χ1v) is 10.6. The van der Waals surface area contributed by atoms with E-state index in [0.29, 0.717) is 17.3 Å². The van der Waals surface area contributed by atoms with Gasteiger partial charge in [-0.2, -0.15) is 0 Å². The van der Waals surface area contributed by atoms with Crippen LogP contribution < -0.4 is 9.64 Å². The van der Waals surface area contributed by atoms with Crippen LogP contribution in [0.1, 0.15) is 38.5 Å². The fraction of sp³-hybridized carbons (Fsp3) is 0.714. The van der Waals surface area contributed by atoms with Crippen molar-refractivity contribution in [1.82, 2.24) is 9.80 Å². The molecule has 0 bridgehead atoms. The maximum atomic E-state index is 11.1. The van der Waals surface area contributed by atoms with Crippen LogP contribution in [0.5, 0.6) is 5.75 Å². The number of methoxy groups -OCH3 is 1. The fourth-order valence-corrected chi connectivity index (χ4v) is 5.51. The average molecular weight is 389 g/mol. The van der Waals surface area contributed by atoms with Crippen molar-refractivity contribution in [2.75, 3.05) is 51.8 Å². The third-order valence-electron chi connectivity index (χ3n) is 7.38. The number of ether oxygens (including phenoxy) is 1. The molecule has 3 heterocycles. The minimum Gasteiger partial charge on any atom is -0.490 e. The molecule has 1 spiro atoms. The number of nitro benzene ring substituents is 1. The Morgan fingerprint density at radius 3 is 2.39 bits per heavy atom. The Morgan fingerprint density at radius 1 is 1.11 bits per heavy atom. The minimum absolute atomic E-state index is 0.0280. The topological polar surface area (TPSA) is 62.1 Å². The van der Waals surface area contributed by atoms with Crippen molar-refractivity contribution in [1.29, 1.82) is 0 Å². The van der Waals surface area contributed by atoms with E-state index in [2.05, 4.69) is 21.7 Å². The second kappa shape index (κ2) is 7.87. The molecule has 3 aliphatic heterocycles. The molecule has 0 atom stereocenters. The molecule has 3 saturated heterocycles. The van der Waals surface area contributed by atoms with Crippen molar-refractivity contribution in [2.24, 2.45) is 0 Å². The zero-order valence-electron chi connectivity index (χ0n) is 17.1. The molecule has 28 heavy (non-hydrogen) atoms. The highest BCUT2D eigenvalue weighted by Gasteiger charge is 2.42. The number of rotatable bonds is 4. The van der Waals surface area contributed by atoms with Crippen LogP contribution in [0.2, 0.25) is 0 Å². The van der Waals surface area contributed by atoms with E-state index in [1.54, 1.807) is 12.1 Å². The Hall–Kier alpha value is -1.86. The standard InChI is InChI=1S/C21H32N4O3/c1-22-11-3-8-21(22)9-14-24(15-10-21)17-6-12-23(13-7-17)18-4-5-19(25(26)27)20(16-18)28-2/h4-5,16-17H,3,6-15H2,1-2H3. The summed E-state index contributed by atoms with van der Waals surface area (Å²) in [6.07, 6.45) is 7.65. The molecule has 0 unspecified atom stereocenters. The summed E-state index contributed by atoms with van der Waals surface area (Å²) in [5.41, 5.74) is 1.53. The van der Waals surface area contributed by atoms with E-state index in [1.807, 2.05) is 6.07 Å². The van der Waals surface area contributed by atoms with Gasteiger partial charge in [0, 0.05) is 55.6 Å². The summed E-state index contributed by atoms with van der Waals surface area (Å²) in [6, 6.07) is 5.88. The molecule has 154 valence electrons. The summed E-state index contributed by atoms with van der Waals surface area (Å²) in [6.45, 7) is 5.69. The third kappa shape index (κ3) is 3.57. The van der Waals surface area contributed by atoms with E-state index in [9.17, 15) is 10.1 Å². The first kappa shape index (κ1) is 19.5. The number of piperidine rings is 2. The highest BCUT2D eigenvalue weighted by molar-refractivity contribution is 5.59. The summed E-state index contributed by atoms with van der Waals surface area (Å²) < 4.78 is 5.23. The Bertz CT molecular complexity index is 710. The van der Waals surface area contributed by atoms with Gasteiger partial charge in [0.25, 0.3) is 0 Å². The Labute approximate surface area is 167 Å². The number of benzene rings is 1. The smallest absolute Gasteiger partial charge is 0.311 e. The number of hydrogen-bond acceptors (Lipinski definition) is 6. The Kier molecular flexibility index (Phi) is 5.47. The van der Waals surface area contributed by atoms with E-state index in [1.165, 1.54) is 52.4 Å². The lowest BCUT2D eigenvalue weighted by Crippen LogP contribution is -2.54. The number of nitrogens with zero attached hydrogens (tertiary/aromatic N) is 4. The lowest BCUT2D eigenvalue weighted by molar-refractivity contribution is -0.385. The molecule has 0 amide bonds. The molecule has 7 heteroatoms. The predicted octanol–water partition coefficient (Wildman–Crippen LogP) is 3.13. The molecule has 1 aromatic carbocycles. The molecule has 0 aromatic heterocycles. The summed E-state index contributed by atoms with van der Waals surface area (Å²) >= 11 is 0. The SMILES string of the molecule is COc1cc(N2CCC(N3CCC4(CCCN4C)CC3)CC2)ccc1[N+](=O)[O-]. The van der Waals surface area contributed by atoms with Gasteiger partial charge in [0.15, 0.2) is 5.75 Å². The number of nitro groups is 1. The number of hydrogen-bond donors (Lipinski definition) is 0. The molecular weight excluding hydrogens is 356 g/mol. The highest BCUT2D eigenvalue weighted by Crippen LogP contribution is 2.39. The van der Waals surface area contributed by atoms with E-state index < -0.39 is 0 Å². The van der Waals surface area contributed by atoms with Crippen LogP contribution in [0.15, 0.2) is 18.2 Å². The first-order chi connectivity index (χ1) is 13.5. The van der Waals surface area contributed by atoms with E-state index >= 15 is 0 Å².